The van der Waals surface area contributed by atoms with E-state index in [1.807, 2.05) is 24.3 Å². The summed E-state index contributed by atoms with van der Waals surface area (Å²) in [6, 6.07) is 14.3. The largest absolute Gasteiger partial charge is 0.497 e. The summed E-state index contributed by atoms with van der Waals surface area (Å²) < 4.78 is 5.12. The summed E-state index contributed by atoms with van der Waals surface area (Å²) in [4.78, 5) is 16.5. The molecule has 0 fully saturated rings. The van der Waals surface area contributed by atoms with E-state index in [0.29, 0.717) is 22.2 Å². The van der Waals surface area contributed by atoms with Gasteiger partial charge in [0.15, 0.2) is 5.82 Å². The molecule has 2 aromatic carbocycles. The molecule has 7 heteroatoms. The summed E-state index contributed by atoms with van der Waals surface area (Å²) in [6.45, 7) is 0.229. The van der Waals surface area contributed by atoms with E-state index in [1.54, 1.807) is 31.4 Å². The van der Waals surface area contributed by atoms with Crippen LogP contribution >= 0.6 is 11.6 Å². The fraction of sp³-hybridized carbons (Fsp3) is 0.118. The highest BCUT2D eigenvalue weighted by molar-refractivity contribution is 6.33. The molecule has 0 saturated heterocycles. The lowest BCUT2D eigenvalue weighted by Crippen LogP contribution is -2.23. The maximum atomic E-state index is 12.1. The third-order valence-electron chi connectivity index (χ3n) is 3.41. The number of carbonyl (C=O) groups excluding carboxylic acids is 1. The maximum Gasteiger partial charge on any atom is 0.253 e. The Morgan fingerprint density at radius 3 is 2.67 bits per heavy atom. The van der Waals surface area contributed by atoms with Crippen LogP contribution in [0.25, 0.3) is 11.4 Å². The minimum Gasteiger partial charge on any atom is -0.497 e. The fourth-order valence-corrected chi connectivity index (χ4v) is 2.37. The number of aromatic amines is 1. The van der Waals surface area contributed by atoms with Crippen molar-refractivity contribution in [2.24, 2.45) is 0 Å². The maximum absolute atomic E-state index is 12.1. The van der Waals surface area contributed by atoms with Crippen molar-refractivity contribution in [3.63, 3.8) is 0 Å². The van der Waals surface area contributed by atoms with Gasteiger partial charge in [-0.1, -0.05) is 23.7 Å². The zero-order valence-corrected chi connectivity index (χ0v) is 13.7. The second-order valence-electron chi connectivity index (χ2n) is 5.00. The average Bonchev–Trinajstić information content (AvgIpc) is 3.09. The molecule has 6 nitrogen and oxygen atoms in total. The van der Waals surface area contributed by atoms with Crippen molar-refractivity contribution in [1.82, 2.24) is 20.5 Å². The van der Waals surface area contributed by atoms with Gasteiger partial charge in [-0.25, -0.2) is 4.98 Å². The van der Waals surface area contributed by atoms with Crippen LogP contribution in [0.1, 0.15) is 16.2 Å². The molecule has 0 aliphatic rings. The Bertz CT molecular complexity index is 846. The predicted octanol–water partition coefficient (Wildman–Crippen LogP) is 3.06. The van der Waals surface area contributed by atoms with Gasteiger partial charge in [-0.2, -0.15) is 5.10 Å². The second-order valence-corrected chi connectivity index (χ2v) is 5.40. The molecule has 0 saturated carbocycles. The van der Waals surface area contributed by atoms with Gasteiger partial charge in [0.2, 0.25) is 0 Å². The zero-order valence-electron chi connectivity index (χ0n) is 12.9. The van der Waals surface area contributed by atoms with Crippen LogP contribution in [0.3, 0.4) is 0 Å². The molecule has 0 radical (unpaired) electrons. The number of benzene rings is 2. The highest BCUT2D eigenvalue weighted by atomic mass is 35.5. The number of amides is 1. The van der Waals surface area contributed by atoms with Crippen molar-refractivity contribution in [2.75, 3.05) is 7.11 Å². The number of ether oxygens (including phenoxy) is 1. The van der Waals surface area contributed by atoms with Crippen molar-refractivity contribution >= 4 is 17.5 Å². The average molecular weight is 343 g/mol. The minimum atomic E-state index is -0.261. The van der Waals surface area contributed by atoms with E-state index in [4.69, 9.17) is 16.3 Å². The van der Waals surface area contributed by atoms with Gasteiger partial charge in [0.25, 0.3) is 5.91 Å². The predicted molar refractivity (Wildman–Crippen MR) is 91.0 cm³/mol. The number of nitrogens with zero attached hydrogens (tertiary/aromatic N) is 2. The number of halogens is 1. The Hall–Kier alpha value is -2.86. The summed E-state index contributed by atoms with van der Waals surface area (Å²) in [6.07, 6.45) is 0. The lowest BCUT2D eigenvalue weighted by molar-refractivity contribution is 0.0950. The minimum absolute atomic E-state index is 0.229. The number of aromatic nitrogens is 3. The molecule has 3 rings (SSSR count). The monoisotopic (exact) mass is 342 g/mol. The van der Waals surface area contributed by atoms with Crippen LogP contribution in [0.2, 0.25) is 5.02 Å². The van der Waals surface area contributed by atoms with Gasteiger partial charge in [-0.15, -0.1) is 0 Å². The van der Waals surface area contributed by atoms with Gasteiger partial charge in [0, 0.05) is 5.56 Å². The van der Waals surface area contributed by atoms with Crippen molar-refractivity contribution in [3.05, 3.63) is 64.9 Å². The third-order valence-corrected chi connectivity index (χ3v) is 3.74. The quantitative estimate of drug-likeness (QED) is 0.746. The lowest BCUT2D eigenvalue weighted by Gasteiger charge is -2.04. The molecule has 2 N–H and O–H groups in total. The van der Waals surface area contributed by atoms with E-state index in [1.165, 1.54) is 0 Å². The first-order valence-electron chi connectivity index (χ1n) is 7.26. The third kappa shape index (κ3) is 3.55. The molecule has 1 heterocycles. The lowest BCUT2D eigenvalue weighted by atomic mass is 10.2. The van der Waals surface area contributed by atoms with Crippen LogP contribution in [0.15, 0.2) is 48.5 Å². The van der Waals surface area contributed by atoms with Crippen molar-refractivity contribution in [2.45, 2.75) is 6.54 Å². The van der Waals surface area contributed by atoms with Crippen LogP contribution in [-0.2, 0) is 6.54 Å². The van der Waals surface area contributed by atoms with Gasteiger partial charge < -0.3 is 10.1 Å². The summed E-state index contributed by atoms with van der Waals surface area (Å²) in [5.74, 6) is 1.62. The summed E-state index contributed by atoms with van der Waals surface area (Å²) >= 11 is 6.00. The number of hydrogen-bond donors (Lipinski definition) is 2. The van der Waals surface area contributed by atoms with E-state index < -0.39 is 0 Å². The van der Waals surface area contributed by atoms with E-state index in [-0.39, 0.29) is 12.5 Å². The van der Waals surface area contributed by atoms with Crippen molar-refractivity contribution in [3.8, 4) is 17.1 Å². The highest BCUT2D eigenvalue weighted by Crippen LogP contribution is 2.19. The Balaban J connectivity index is 1.66. The molecule has 0 bridgehead atoms. The number of nitrogens with one attached hydrogen (secondary N) is 2. The molecule has 0 aliphatic carbocycles. The molecule has 24 heavy (non-hydrogen) atoms. The SMILES string of the molecule is COc1ccc(-c2n[nH]c(CNC(=O)c3ccccc3Cl)n2)cc1. The first kappa shape index (κ1) is 16.0. The van der Waals surface area contributed by atoms with Crippen LogP contribution in [0.5, 0.6) is 5.75 Å². The molecule has 0 atom stereocenters. The van der Waals surface area contributed by atoms with Crippen molar-refractivity contribution in [1.29, 1.82) is 0 Å². The standard InChI is InChI=1S/C17H15ClN4O2/c1-24-12-8-6-11(7-9-12)16-20-15(21-22-16)10-19-17(23)13-4-2-3-5-14(13)18/h2-9H,10H2,1H3,(H,19,23)(H,20,21,22). The number of hydrogen-bond acceptors (Lipinski definition) is 4. The summed E-state index contributed by atoms with van der Waals surface area (Å²) in [5.41, 5.74) is 1.28. The molecule has 0 spiro atoms. The first-order chi connectivity index (χ1) is 11.7. The molecule has 3 aromatic rings. The van der Waals surface area contributed by atoms with Gasteiger partial charge in [-0.3, -0.25) is 9.89 Å². The van der Waals surface area contributed by atoms with E-state index in [9.17, 15) is 4.79 Å². The van der Waals surface area contributed by atoms with Crippen LogP contribution < -0.4 is 10.1 Å². The van der Waals surface area contributed by atoms with Crippen LogP contribution in [0.4, 0.5) is 0 Å². The van der Waals surface area contributed by atoms with Crippen LogP contribution in [0, 0.1) is 0 Å². The number of methoxy groups -OCH3 is 1. The molecule has 0 aliphatic heterocycles. The van der Waals surface area contributed by atoms with E-state index in [0.717, 1.165) is 11.3 Å². The second kappa shape index (κ2) is 7.14. The molecule has 0 unspecified atom stereocenters. The Morgan fingerprint density at radius 2 is 1.96 bits per heavy atom. The Morgan fingerprint density at radius 1 is 1.21 bits per heavy atom. The zero-order chi connectivity index (χ0) is 16.9. The summed E-state index contributed by atoms with van der Waals surface area (Å²) in [5, 5.41) is 10.1. The smallest absolute Gasteiger partial charge is 0.253 e. The molecule has 1 aromatic heterocycles. The van der Waals surface area contributed by atoms with Gasteiger partial charge >= 0.3 is 0 Å². The van der Waals surface area contributed by atoms with Gasteiger partial charge in [0.05, 0.1) is 24.2 Å². The molecule has 122 valence electrons. The van der Waals surface area contributed by atoms with Gasteiger partial charge in [-0.05, 0) is 36.4 Å². The number of carbonyl (C=O) groups is 1. The topological polar surface area (TPSA) is 79.9 Å². The normalized spacial score (nSPS) is 10.4. The molecular weight excluding hydrogens is 328 g/mol. The van der Waals surface area contributed by atoms with Gasteiger partial charge in [0.1, 0.15) is 11.6 Å². The summed E-state index contributed by atoms with van der Waals surface area (Å²) in [7, 11) is 1.61. The van der Waals surface area contributed by atoms with Crippen LogP contribution in [-0.4, -0.2) is 28.2 Å². The Labute approximate surface area is 143 Å². The number of rotatable bonds is 5. The highest BCUT2D eigenvalue weighted by Gasteiger charge is 2.11. The molecular formula is C17H15ClN4O2. The first-order valence-corrected chi connectivity index (χ1v) is 7.63. The number of H-pyrrole nitrogens is 1. The van der Waals surface area contributed by atoms with E-state index in [2.05, 4.69) is 20.5 Å². The Kier molecular flexibility index (Phi) is 4.77. The molecule has 1 amide bonds. The van der Waals surface area contributed by atoms with E-state index >= 15 is 0 Å². The van der Waals surface area contributed by atoms with Crippen molar-refractivity contribution < 1.29 is 9.53 Å². The fourth-order valence-electron chi connectivity index (χ4n) is 2.15.